The molecule has 1 atom stereocenters. The van der Waals surface area contributed by atoms with Crippen LogP contribution in [0.4, 0.5) is 5.69 Å². The number of nitrogens with zero attached hydrogens (tertiary/aromatic N) is 3. The molecule has 0 amide bonds. The molecule has 1 aliphatic heterocycles. The van der Waals surface area contributed by atoms with Crippen LogP contribution in [0.2, 0.25) is 0 Å². The lowest BCUT2D eigenvalue weighted by Crippen LogP contribution is -2.38. The highest BCUT2D eigenvalue weighted by Crippen LogP contribution is 2.24. The molecule has 1 heterocycles. The monoisotopic (exact) mass is 257 g/mol. The minimum Gasteiger partial charge on any atom is -0.370 e. The molecule has 0 aromatic heterocycles. The average molecular weight is 257 g/mol. The zero-order valence-electron chi connectivity index (χ0n) is 12.2. The van der Waals surface area contributed by atoms with Gasteiger partial charge in [-0.1, -0.05) is 17.7 Å². The Morgan fingerprint density at radius 2 is 2.11 bits per heavy atom. The first kappa shape index (κ1) is 13.9. The van der Waals surface area contributed by atoms with Gasteiger partial charge in [0.2, 0.25) is 0 Å². The Bertz CT molecular complexity index is 475. The Morgan fingerprint density at radius 3 is 2.79 bits per heavy atom. The van der Waals surface area contributed by atoms with Crippen molar-refractivity contribution in [2.75, 3.05) is 31.6 Å². The van der Waals surface area contributed by atoms with Crippen molar-refractivity contribution in [3.8, 4) is 6.07 Å². The highest BCUT2D eigenvalue weighted by atomic mass is 15.2. The predicted octanol–water partition coefficient (Wildman–Crippen LogP) is 2.73. The molecule has 0 N–H and O–H groups in total. The van der Waals surface area contributed by atoms with Crippen LogP contribution in [0.15, 0.2) is 18.2 Å². The van der Waals surface area contributed by atoms with E-state index in [0.29, 0.717) is 12.5 Å². The summed E-state index contributed by atoms with van der Waals surface area (Å²) < 4.78 is 0. The summed E-state index contributed by atoms with van der Waals surface area (Å²) in [6, 6.07) is 9.30. The molecule has 1 unspecified atom stereocenters. The van der Waals surface area contributed by atoms with Crippen molar-refractivity contribution in [3.63, 3.8) is 0 Å². The normalized spacial score (nSPS) is 20.9. The third kappa shape index (κ3) is 3.27. The van der Waals surface area contributed by atoms with Crippen molar-refractivity contribution < 1.29 is 0 Å². The van der Waals surface area contributed by atoms with E-state index in [0.717, 1.165) is 26.1 Å². The number of rotatable bonds is 2. The summed E-state index contributed by atoms with van der Waals surface area (Å²) in [5.41, 5.74) is 3.96. The quantitative estimate of drug-likeness (QED) is 0.816. The minimum atomic E-state index is 0.341. The first-order valence-corrected chi connectivity index (χ1v) is 7.01. The molecule has 1 aliphatic rings. The number of aryl methyl sites for hydroxylation is 2. The maximum atomic E-state index is 8.98. The molecule has 1 saturated heterocycles. The molecule has 1 aromatic carbocycles. The second kappa shape index (κ2) is 6.08. The summed E-state index contributed by atoms with van der Waals surface area (Å²) in [6.45, 7) is 7.42. The lowest BCUT2D eigenvalue weighted by atomic mass is 10.1. The molecular weight excluding hydrogens is 234 g/mol. The van der Waals surface area contributed by atoms with Gasteiger partial charge in [0.25, 0.3) is 0 Å². The van der Waals surface area contributed by atoms with Gasteiger partial charge in [-0.25, -0.2) is 0 Å². The number of hydrogen-bond acceptors (Lipinski definition) is 3. The summed E-state index contributed by atoms with van der Waals surface area (Å²) in [5, 5.41) is 8.98. The third-order valence-electron chi connectivity index (χ3n) is 4.01. The van der Waals surface area contributed by atoms with E-state index in [-0.39, 0.29) is 0 Å². The summed E-state index contributed by atoms with van der Waals surface area (Å²) in [4.78, 5) is 4.77. The van der Waals surface area contributed by atoms with Gasteiger partial charge in [-0.05, 0) is 45.5 Å². The van der Waals surface area contributed by atoms with Crippen molar-refractivity contribution in [2.24, 2.45) is 0 Å². The van der Waals surface area contributed by atoms with Gasteiger partial charge in [0, 0.05) is 24.8 Å². The maximum absolute atomic E-state index is 8.98. The van der Waals surface area contributed by atoms with Crippen molar-refractivity contribution in [1.29, 1.82) is 5.26 Å². The van der Waals surface area contributed by atoms with E-state index in [1.807, 2.05) is 0 Å². The van der Waals surface area contributed by atoms with Crippen molar-refractivity contribution >= 4 is 5.69 Å². The van der Waals surface area contributed by atoms with Crippen LogP contribution in [0.3, 0.4) is 0 Å². The number of hydrogen-bond donors (Lipinski definition) is 0. The second-order valence-electron chi connectivity index (χ2n) is 5.59. The third-order valence-corrected chi connectivity index (χ3v) is 4.01. The Balaban J connectivity index is 2.21. The molecule has 1 fully saturated rings. The zero-order valence-corrected chi connectivity index (χ0v) is 12.2. The molecular formula is C16H23N3. The molecule has 0 spiro atoms. The van der Waals surface area contributed by atoms with Crippen LogP contribution < -0.4 is 4.90 Å². The standard InChI is InChI=1S/C16H23N3/c1-13-5-6-16(14(2)11-13)19-10-4-9-18(3)15(12-19)7-8-17/h5-6,11,15H,4,7,9-10,12H2,1-3H3. The summed E-state index contributed by atoms with van der Waals surface area (Å²) in [5.74, 6) is 0. The molecule has 1 aromatic rings. The fourth-order valence-corrected chi connectivity index (χ4v) is 2.88. The van der Waals surface area contributed by atoms with E-state index >= 15 is 0 Å². The lowest BCUT2D eigenvalue weighted by molar-refractivity contribution is 0.264. The van der Waals surface area contributed by atoms with E-state index in [1.165, 1.54) is 16.8 Å². The van der Waals surface area contributed by atoms with E-state index in [1.54, 1.807) is 0 Å². The van der Waals surface area contributed by atoms with Crippen LogP contribution in [0.1, 0.15) is 24.0 Å². The lowest BCUT2D eigenvalue weighted by Gasteiger charge is -2.29. The minimum absolute atomic E-state index is 0.341. The Kier molecular flexibility index (Phi) is 4.44. The Morgan fingerprint density at radius 1 is 1.32 bits per heavy atom. The molecule has 3 nitrogen and oxygen atoms in total. The van der Waals surface area contributed by atoms with E-state index in [9.17, 15) is 0 Å². The molecule has 0 bridgehead atoms. The molecule has 3 heteroatoms. The van der Waals surface area contributed by atoms with E-state index in [4.69, 9.17) is 5.26 Å². The fourth-order valence-electron chi connectivity index (χ4n) is 2.88. The summed E-state index contributed by atoms with van der Waals surface area (Å²) in [7, 11) is 2.13. The average Bonchev–Trinajstić information content (AvgIpc) is 2.53. The van der Waals surface area contributed by atoms with Crippen LogP contribution in [0, 0.1) is 25.2 Å². The Hall–Kier alpha value is -1.53. The first-order chi connectivity index (χ1) is 9.11. The van der Waals surface area contributed by atoms with Gasteiger partial charge in [0.1, 0.15) is 0 Å². The second-order valence-corrected chi connectivity index (χ2v) is 5.59. The maximum Gasteiger partial charge on any atom is 0.0638 e. The molecule has 0 aliphatic carbocycles. The molecule has 0 saturated carbocycles. The van der Waals surface area contributed by atoms with Crippen LogP contribution in [-0.2, 0) is 0 Å². The van der Waals surface area contributed by atoms with Gasteiger partial charge >= 0.3 is 0 Å². The first-order valence-electron chi connectivity index (χ1n) is 7.01. The molecule has 0 radical (unpaired) electrons. The van der Waals surface area contributed by atoms with Gasteiger partial charge in [0.15, 0.2) is 0 Å². The van der Waals surface area contributed by atoms with Gasteiger partial charge < -0.3 is 9.80 Å². The summed E-state index contributed by atoms with van der Waals surface area (Å²) >= 11 is 0. The largest absolute Gasteiger partial charge is 0.370 e. The van der Waals surface area contributed by atoms with Crippen molar-refractivity contribution in [2.45, 2.75) is 32.7 Å². The summed E-state index contributed by atoms with van der Waals surface area (Å²) in [6.07, 6.45) is 1.77. The van der Waals surface area contributed by atoms with E-state index in [2.05, 4.69) is 55.0 Å². The molecule has 102 valence electrons. The number of anilines is 1. The smallest absolute Gasteiger partial charge is 0.0638 e. The van der Waals surface area contributed by atoms with Gasteiger partial charge in [-0.15, -0.1) is 0 Å². The van der Waals surface area contributed by atoms with Crippen LogP contribution in [-0.4, -0.2) is 37.6 Å². The van der Waals surface area contributed by atoms with Crippen LogP contribution >= 0.6 is 0 Å². The number of nitriles is 1. The Labute approximate surface area is 116 Å². The van der Waals surface area contributed by atoms with Gasteiger partial charge in [0.05, 0.1) is 12.5 Å². The highest BCUT2D eigenvalue weighted by molar-refractivity contribution is 5.54. The van der Waals surface area contributed by atoms with Gasteiger partial charge in [-0.2, -0.15) is 5.26 Å². The number of benzene rings is 1. The number of likely N-dealkylation sites (N-methyl/N-ethyl adjacent to an activating group) is 1. The predicted molar refractivity (Wildman–Crippen MR) is 79.4 cm³/mol. The SMILES string of the molecule is Cc1ccc(N2CCCN(C)C(CC#N)C2)c(C)c1. The highest BCUT2D eigenvalue weighted by Gasteiger charge is 2.22. The van der Waals surface area contributed by atoms with E-state index < -0.39 is 0 Å². The van der Waals surface area contributed by atoms with Crippen molar-refractivity contribution in [3.05, 3.63) is 29.3 Å². The zero-order chi connectivity index (χ0) is 13.8. The van der Waals surface area contributed by atoms with Crippen LogP contribution in [0.5, 0.6) is 0 Å². The topological polar surface area (TPSA) is 30.3 Å². The van der Waals surface area contributed by atoms with Crippen LogP contribution in [0.25, 0.3) is 0 Å². The molecule has 2 rings (SSSR count). The fraction of sp³-hybridized carbons (Fsp3) is 0.562. The van der Waals surface area contributed by atoms with Gasteiger partial charge in [-0.3, -0.25) is 0 Å². The molecule has 19 heavy (non-hydrogen) atoms. The van der Waals surface area contributed by atoms with Crippen molar-refractivity contribution in [1.82, 2.24) is 4.90 Å².